The van der Waals surface area contributed by atoms with Crippen LogP contribution < -0.4 is 5.32 Å². The van der Waals surface area contributed by atoms with E-state index in [-0.39, 0.29) is 24.1 Å². The first-order chi connectivity index (χ1) is 10.1. The molecule has 2 aliphatic rings. The lowest BCUT2D eigenvalue weighted by Gasteiger charge is -2.36. The second-order valence-electron chi connectivity index (χ2n) is 5.42. The number of nitrogens with one attached hydrogen (secondary N) is 1. The Balaban J connectivity index is 2.16. The maximum absolute atomic E-state index is 12.2. The minimum Gasteiger partial charge on any atom is -0.336 e. The summed E-state index contributed by atoms with van der Waals surface area (Å²) in [6.45, 7) is 5.10. The summed E-state index contributed by atoms with van der Waals surface area (Å²) in [5.41, 5.74) is 0. The number of hydrogen-bond donors (Lipinski definition) is 1. The molecule has 0 aromatic heterocycles. The van der Waals surface area contributed by atoms with E-state index in [1.165, 1.54) is 4.90 Å². The zero-order valence-electron chi connectivity index (χ0n) is 13.0. The van der Waals surface area contributed by atoms with Crippen molar-refractivity contribution in [2.75, 3.05) is 19.3 Å². The molecule has 3 amide bonds. The van der Waals surface area contributed by atoms with E-state index in [0.717, 1.165) is 43.1 Å². The summed E-state index contributed by atoms with van der Waals surface area (Å²) in [6, 6.07) is -0.732. The van der Waals surface area contributed by atoms with Crippen LogP contribution in [0, 0.1) is 0 Å². The van der Waals surface area contributed by atoms with Crippen LogP contribution in [-0.4, -0.2) is 58.5 Å². The molecule has 0 radical (unpaired) electrons. The van der Waals surface area contributed by atoms with E-state index in [1.54, 1.807) is 18.8 Å². The zero-order chi connectivity index (χ0) is 15.4. The Morgan fingerprint density at radius 1 is 1.24 bits per heavy atom. The van der Waals surface area contributed by atoms with E-state index >= 15 is 0 Å². The summed E-state index contributed by atoms with van der Waals surface area (Å²) in [6.07, 6.45) is 3.99. The van der Waals surface area contributed by atoms with Crippen LogP contribution in [0.2, 0.25) is 0 Å². The summed E-state index contributed by atoms with van der Waals surface area (Å²) >= 11 is 1.68. The zero-order valence-corrected chi connectivity index (χ0v) is 13.8. The number of carbonyl (C=O) groups excluding carboxylic acids is 2. The molecule has 1 fully saturated rings. The van der Waals surface area contributed by atoms with Crippen molar-refractivity contribution in [2.45, 2.75) is 51.7 Å². The van der Waals surface area contributed by atoms with Gasteiger partial charge < -0.3 is 9.80 Å². The minimum absolute atomic E-state index is 0.226. The highest BCUT2D eigenvalue weighted by molar-refractivity contribution is 8.13. The molecule has 2 unspecified atom stereocenters. The van der Waals surface area contributed by atoms with Crippen molar-refractivity contribution in [3.05, 3.63) is 0 Å². The van der Waals surface area contributed by atoms with Gasteiger partial charge in [0.25, 0.3) is 5.91 Å². The smallest absolute Gasteiger partial charge is 0.325 e. The predicted molar refractivity (Wildman–Crippen MR) is 85.3 cm³/mol. The van der Waals surface area contributed by atoms with E-state index in [4.69, 9.17) is 0 Å². The summed E-state index contributed by atoms with van der Waals surface area (Å²) in [4.78, 5) is 32.2. The van der Waals surface area contributed by atoms with E-state index in [2.05, 4.69) is 29.1 Å². The van der Waals surface area contributed by atoms with Gasteiger partial charge in [-0.3, -0.25) is 10.1 Å². The van der Waals surface area contributed by atoms with E-state index < -0.39 is 0 Å². The standard InChI is InChI=1S/C14H24N4O2S/c1-4-6-7-8-18-10-11(15-14(18)21-9-5-2)17(3)13(20)16-12(10)19/h10-11H,4-9H2,1-3H3,(H,16,19,20). The van der Waals surface area contributed by atoms with E-state index in [1.807, 2.05) is 0 Å². The highest BCUT2D eigenvalue weighted by atomic mass is 32.2. The lowest BCUT2D eigenvalue weighted by atomic mass is 10.1. The van der Waals surface area contributed by atoms with Crippen LogP contribution in [0.5, 0.6) is 0 Å². The molecule has 0 aliphatic carbocycles. The molecular weight excluding hydrogens is 288 g/mol. The van der Waals surface area contributed by atoms with Gasteiger partial charge in [0.15, 0.2) is 17.4 Å². The average molecular weight is 312 g/mol. The monoisotopic (exact) mass is 312 g/mol. The normalized spacial score (nSPS) is 25.0. The molecule has 0 bridgehead atoms. The number of fused-ring (bicyclic) bond motifs is 1. The lowest BCUT2D eigenvalue weighted by Crippen LogP contribution is -2.63. The average Bonchev–Trinajstić information content (AvgIpc) is 2.82. The Morgan fingerprint density at radius 2 is 2.00 bits per heavy atom. The van der Waals surface area contributed by atoms with Crippen molar-refractivity contribution >= 4 is 28.9 Å². The Morgan fingerprint density at radius 3 is 2.67 bits per heavy atom. The molecule has 118 valence electrons. The number of amidine groups is 1. The fraction of sp³-hybridized carbons (Fsp3) is 0.786. The summed E-state index contributed by atoms with van der Waals surface area (Å²) in [5.74, 6) is 0.748. The third-order valence-corrected chi connectivity index (χ3v) is 4.97. The molecule has 0 aromatic rings. The van der Waals surface area contributed by atoms with Crippen LogP contribution in [0.15, 0.2) is 4.99 Å². The number of carbonyl (C=O) groups is 2. The van der Waals surface area contributed by atoms with Gasteiger partial charge in [-0.25, -0.2) is 9.79 Å². The fourth-order valence-corrected chi connectivity index (χ4v) is 3.52. The van der Waals surface area contributed by atoms with Gasteiger partial charge in [0.05, 0.1) is 0 Å². The van der Waals surface area contributed by atoms with Crippen molar-refractivity contribution in [2.24, 2.45) is 4.99 Å². The first-order valence-electron chi connectivity index (χ1n) is 7.65. The second kappa shape index (κ2) is 7.15. The van der Waals surface area contributed by atoms with E-state index in [0.29, 0.717) is 0 Å². The SMILES string of the molecule is CCCCCN1C(SCCC)=NC2C1C(=O)NC(=O)N2C. The molecule has 0 saturated carbocycles. The molecule has 7 heteroatoms. The van der Waals surface area contributed by atoms with Gasteiger partial charge in [0, 0.05) is 19.3 Å². The van der Waals surface area contributed by atoms with Crippen molar-refractivity contribution in [1.82, 2.24) is 15.1 Å². The molecule has 6 nitrogen and oxygen atoms in total. The van der Waals surface area contributed by atoms with Gasteiger partial charge >= 0.3 is 6.03 Å². The summed E-state index contributed by atoms with van der Waals surface area (Å²) in [5, 5.41) is 3.32. The van der Waals surface area contributed by atoms with Crippen LogP contribution >= 0.6 is 11.8 Å². The fourth-order valence-electron chi connectivity index (χ4n) is 2.58. The molecule has 21 heavy (non-hydrogen) atoms. The number of likely N-dealkylation sites (N-methyl/N-ethyl adjacent to an activating group) is 1. The lowest BCUT2D eigenvalue weighted by molar-refractivity contribution is -0.127. The van der Waals surface area contributed by atoms with Gasteiger partial charge in [0.1, 0.15) is 0 Å². The molecule has 2 atom stereocenters. The largest absolute Gasteiger partial charge is 0.336 e. The first kappa shape index (κ1) is 16.1. The van der Waals surface area contributed by atoms with Gasteiger partial charge in [-0.2, -0.15) is 0 Å². The number of amides is 3. The number of nitrogens with zero attached hydrogens (tertiary/aromatic N) is 3. The van der Waals surface area contributed by atoms with Crippen molar-refractivity contribution in [1.29, 1.82) is 0 Å². The number of unbranched alkanes of at least 4 members (excludes halogenated alkanes) is 2. The predicted octanol–water partition coefficient (Wildman–Crippen LogP) is 1.87. The third kappa shape index (κ3) is 3.33. The van der Waals surface area contributed by atoms with Crippen molar-refractivity contribution in [3.8, 4) is 0 Å². The Kier molecular flexibility index (Phi) is 5.50. The van der Waals surface area contributed by atoms with Crippen LogP contribution in [0.4, 0.5) is 4.79 Å². The highest BCUT2D eigenvalue weighted by Gasteiger charge is 2.48. The van der Waals surface area contributed by atoms with Crippen LogP contribution in [0.3, 0.4) is 0 Å². The molecule has 2 rings (SSSR count). The first-order valence-corrected chi connectivity index (χ1v) is 8.63. The van der Waals surface area contributed by atoms with Gasteiger partial charge in [-0.1, -0.05) is 38.5 Å². The maximum Gasteiger partial charge on any atom is 0.325 e. The topological polar surface area (TPSA) is 65.0 Å². The number of rotatable bonds is 6. The van der Waals surface area contributed by atoms with Gasteiger partial charge in [-0.15, -0.1) is 0 Å². The Bertz CT molecular complexity index is 441. The second-order valence-corrected chi connectivity index (χ2v) is 6.49. The molecule has 2 heterocycles. The highest BCUT2D eigenvalue weighted by Crippen LogP contribution is 2.29. The summed E-state index contributed by atoms with van der Waals surface area (Å²) < 4.78 is 0. The maximum atomic E-state index is 12.2. The van der Waals surface area contributed by atoms with Crippen LogP contribution in [-0.2, 0) is 4.79 Å². The van der Waals surface area contributed by atoms with Gasteiger partial charge in [0.2, 0.25) is 0 Å². The Hall–Kier alpha value is -1.24. The van der Waals surface area contributed by atoms with Crippen molar-refractivity contribution in [3.63, 3.8) is 0 Å². The molecule has 0 spiro atoms. The molecule has 0 aromatic carbocycles. The Labute approximate surface area is 130 Å². The molecule has 1 N–H and O–H groups in total. The van der Waals surface area contributed by atoms with Gasteiger partial charge in [-0.05, 0) is 12.8 Å². The third-order valence-electron chi connectivity index (χ3n) is 3.76. The molecule has 2 aliphatic heterocycles. The number of urea groups is 1. The number of hydrogen-bond acceptors (Lipinski definition) is 5. The van der Waals surface area contributed by atoms with Crippen LogP contribution in [0.25, 0.3) is 0 Å². The van der Waals surface area contributed by atoms with Crippen LogP contribution in [0.1, 0.15) is 39.5 Å². The number of imide groups is 1. The number of aliphatic imine (C=N–C) groups is 1. The minimum atomic E-state index is -0.382. The number of thioether (sulfide) groups is 1. The van der Waals surface area contributed by atoms with E-state index in [9.17, 15) is 9.59 Å². The molecular formula is C14H24N4O2S. The van der Waals surface area contributed by atoms with Crippen molar-refractivity contribution < 1.29 is 9.59 Å². The summed E-state index contributed by atoms with van der Waals surface area (Å²) in [7, 11) is 1.70. The molecule has 1 saturated heterocycles. The quantitative estimate of drug-likeness (QED) is 0.760.